The third-order valence-corrected chi connectivity index (χ3v) is 2.72. The van der Waals surface area contributed by atoms with Crippen LogP contribution in [0.5, 0.6) is 0 Å². The van der Waals surface area contributed by atoms with E-state index in [0.29, 0.717) is 19.1 Å². The summed E-state index contributed by atoms with van der Waals surface area (Å²) in [4.78, 5) is 13.6. The molecule has 0 aliphatic carbocycles. The molecule has 0 spiro atoms. The molecule has 2 amide bonds. The lowest BCUT2D eigenvalue weighted by atomic mass is 10.0. The Balaban J connectivity index is 2.27. The average molecular weight is 199 g/mol. The second-order valence-electron chi connectivity index (χ2n) is 3.91. The van der Waals surface area contributed by atoms with Crippen LogP contribution in [-0.2, 0) is 0 Å². The van der Waals surface area contributed by atoms with Gasteiger partial charge in [0.1, 0.15) is 0 Å². The number of amides is 2. The highest BCUT2D eigenvalue weighted by Crippen LogP contribution is 2.15. The highest BCUT2D eigenvalue weighted by Gasteiger charge is 2.22. The van der Waals surface area contributed by atoms with Crippen LogP contribution < -0.4 is 11.1 Å². The van der Waals surface area contributed by atoms with Gasteiger partial charge in [0.25, 0.3) is 0 Å². The Labute approximate surface area is 85.8 Å². The van der Waals surface area contributed by atoms with E-state index in [-0.39, 0.29) is 6.03 Å². The summed E-state index contributed by atoms with van der Waals surface area (Å²) in [6.07, 6.45) is 4.36. The molecule has 0 aromatic carbocycles. The minimum Gasteiger partial charge on any atom is -0.338 e. The van der Waals surface area contributed by atoms with Gasteiger partial charge in [0.05, 0.1) is 0 Å². The van der Waals surface area contributed by atoms with Crippen LogP contribution in [-0.4, -0.2) is 36.6 Å². The smallest absolute Gasteiger partial charge is 0.317 e. The van der Waals surface area contributed by atoms with Gasteiger partial charge >= 0.3 is 6.03 Å². The summed E-state index contributed by atoms with van der Waals surface area (Å²) in [7, 11) is 0. The first-order valence-corrected chi connectivity index (χ1v) is 5.50. The van der Waals surface area contributed by atoms with Gasteiger partial charge in [0.2, 0.25) is 0 Å². The van der Waals surface area contributed by atoms with Gasteiger partial charge in [-0.15, -0.1) is 0 Å². The molecule has 1 unspecified atom stereocenters. The van der Waals surface area contributed by atoms with Crippen LogP contribution in [0.2, 0.25) is 0 Å². The third-order valence-electron chi connectivity index (χ3n) is 2.72. The lowest BCUT2D eigenvalue weighted by molar-refractivity contribution is 0.158. The zero-order valence-electron chi connectivity index (χ0n) is 8.96. The zero-order chi connectivity index (χ0) is 10.4. The molecule has 4 nitrogen and oxygen atoms in total. The molecule has 14 heavy (non-hydrogen) atoms. The normalized spacial score (nSPS) is 22.1. The summed E-state index contributed by atoms with van der Waals surface area (Å²) in [5, 5.41) is 2.89. The SMILES string of the molecule is CC1CCCCN1C(=O)NCCCN. The maximum absolute atomic E-state index is 11.7. The fourth-order valence-electron chi connectivity index (χ4n) is 1.80. The van der Waals surface area contributed by atoms with Crippen LogP contribution >= 0.6 is 0 Å². The summed E-state index contributed by atoms with van der Waals surface area (Å²) >= 11 is 0. The predicted octanol–water partition coefficient (Wildman–Crippen LogP) is 0.919. The zero-order valence-corrected chi connectivity index (χ0v) is 8.96. The molecule has 1 atom stereocenters. The Morgan fingerprint density at radius 3 is 3.00 bits per heavy atom. The summed E-state index contributed by atoms with van der Waals surface area (Å²) in [5.74, 6) is 0. The molecule has 1 heterocycles. The molecule has 1 saturated heterocycles. The molecule has 0 aromatic rings. The van der Waals surface area contributed by atoms with Crippen LogP contribution in [0.3, 0.4) is 0 Å². The Kier molecular flexibility index (Phi) is 4.73. The number of hydrogen-bond acceptors (Lipinski definition) is 2. The molecule has 1 fully saturated rings. The number of nitrogens with zero attached hydrogens (tertiary/aromatic N) is 1. The van der Waals surface area contributed by atoms with Crippen molar-refractivity contribution >= 4 is 6.03 Å². The van der Waals surface area contributed by atoms with Crippen molar-refractivity contribution in [3.05, 3.63) is 0 Å². The number of rotatable bonds is 3. The maximum Gasteiger partial charge on any atom is 0.317 e. The first-order chi connectivity index (χ1) is 6.75. The molecule has 0 saturated carbocycles. The van der Waals surface area contributed by atoms with Crippen molar-refractivity contribution in [2.24, 2.45) is 5.73 Å². The molecule has 4 heteroatoms. The standard InChI is InChI=1S/C10H21N3O/c1-9-5-2-3-8-13(9)10(14)12-7-4-6-11/h9H,2-8,11H2,1H3,(H,12,14). The van der Waals surface area contributed by atoms with E-state index in [1.807, 2.05) is 4.90 Å². The van der Waals surface area contributed by atoms with Gasteiger partial charge in [0, 0.05) is 19.1 Å². The van der Waals surface area contributed by atoms with E-state index in [2.05, 4.69) is 12.2 Å². The molecule has 3 N–H and O–H groups in total. The minimum absolute atomic E-state index is 0.0747. The first-order valence-electron chi connectivity index (χ1n) is 5.50. The second kappa shape index (κ2) is 5.86. The summed E-state index contributed by atoms with van der Waals surface area (Å²) in [5.41, 5.74) is 5.36. The van der Waals surface area contributed by atoms with Crippen molar-refractivity contribution in [1.29, 1.82) is 0 Å². The van der Waals surface area contributed by atoms with E-state index in [9.17, 15) is 4.79 Å². The van der Waals surface area contributed by atoms with Gasteiger partial charge in [0.15, 0.2) is 0 Å². The Morgan fingerprint density at radius 1 is 1.57 bits per heavy atom. The van der Waals surface area contributed by atoms with Crippen molar-refractivity contribution in [3.8, 4) is 0 Å². The van der Waals surface area contributed by atoms with Crippen LogP contribution in [0, 0.1) is 0 Å². The Bertz CT molecular complexity index is 184. The maximum atomic E-state index is 11.7. The van der Waals surface area contributed by atoms with Gasteiger partial charge in [-0.05, 0) is 39.2 Å². The number of nitrogens with two attached hydrogens (primary N) is 1. The monoisotopic (exact) mass is 199 g/mol. The van der Waals surface area contributed by atoms with Crippen molar-refractivity contribution in [3.63, 3.8) is 0 Å². The molecule has 0 aromatic heterocycles. The van der Waals surface area contributed by atoms with E-state index in [1.165, 1.54) is 6.42 Å². The summed E-state index contributed by atoms with van der Waals surface area (Å²) in [6.45, 7) is 4.34. The number of piperidine rings is 1. The number of likely N-dealkylation sites (tertiary alicyclic amines) is 1. The Morgan fingerprint density at radius 2 is 2.36 bits per heavy atom. The van der Waals surface area contributed by atoms with E-state index >= 15 is 0 Å². The van der Waals surface area contributed by atoms with Gasteiger partial charge in [-0.25, -0.2) is 4.79 Å². The molecule has 0 bridgehead atoms. The van der Waals surface area contributed by atoms with Gasteiger partial charge in [-0.2, -0.15) is 0 Å². The molecule has 1 rings (SSSR count). The Hall–Kier alpha value is -0.770. The highest BCUT2D eigenvalue weighted by molar-refractivity contribution is 5.74. The minimum atomic E-state index is 0.0747. The first kappa shape index (κ1) is 11.3. The van der Waals surface area contributed by atoms with Gasteiger partial charge < -0.3 is 16.0 Å². The van der Waals surface area contributed by atoms with Crippen molar-refractivity contribution in [2.45, 2.75) is 38.6 Å². The number of carbonyl (C=O) groups excluding carboxylic acids is 1. The van der Waals surface area contributed by atoms with Crippen molar-refractivity contribution in [2.75, 3.05) is 19.6 Å². The lowest BCUT2D eigenvalue weighted by Crippen LogP contribution is -2.47. The number of urea groups is 1. The molecule has 1 aliphatic rings. The van der Waals surface area contributed by atoms with Gasteiger partial charge in [-0.1, -0.05) is 0 Å². The van der Waals surface area contributed by atoms with E-state index in [4.69, 9.17) is 5.73 Å². The summed E-state index contributed by atoms with van der Waals surface area (Å²) < 4.78 is 0. The fraction of sp³-hybridized carbons (Fsp3) is 0.900. The molecule has 0 radical (unpaired) electrons. The van der Waals surface area contributed by atoms with Gasteiger partial charge in [-0.3, -0.25) is 0 Å². The van der Waals surface area contributed by atoms with E-state index in [0.717, 1.165) is 25.8 Å². The quantitative estimate of drug-likeness (QED) is 0.664. The second-order valence-corrected chi connectivity index (χ2v) is 3.91. The topological polar surface area (TPSA) is 58.4 Å². The largest absolute Gasteiger partial charge is 0.338 e. The van der Waals surface area contributed by atoms with Crippen LogP contribution in [0.4, 0.5) is 4.79 Å². The average Bonchev–Trinajstić information content (AvgIpc) is 2.18. The predicted molar refractivity (Wildman–Crippen MR) is 57.1 cm³/mol. The van der Waals surface area contributed by atoms with Crippen LogP contribution in [0.1, 0.15) is 32.6 Å². The van der Waals surface area contributed by atoms with Crippen molar-refractivity contribution < 1.29 is 4.79 Å². The molecular weight excluding hydrogens is 178 g/mol. The number of carbonyl (C=O) groups is 1. The lowest BCUT2D eigenvalue weighted by Gasteiger charge is -2.33. The molecule has 82 valence electrons. The molecule has 1 aliphatic heterocycles. The fourth-order valence-corrected chi connectivity index (χ4v) is 1.80. The number of nitrogens with one attached hydrogen (secondary N) is 1. The number of hydrogen-bond donors (Lipinski definition) is 2. The van der Waals surface area contributed by atoms with E-state index < -0.39 is 0 Å². The van der Waals surface area contributed by atoms with Crippen LogP contribution in [0.25, 0.3) is 0 Å². The van der Waals surface area contributed by atoms with E-state index in [1.54, 1.807) is 0 Å². The highest BCUT2D eigenvalue weighted by atomic mass is 16.2. The van der Waals surface area contributed by atoms with Crippen molar-refractivity contribution in [1.82, 2.24) is 10.2 Å². The summed E-state index contributed by atoms with van der Waals surface area (Å²) in [6, 6.07) is 0.465. The molecular formula is C10H21N3O. The van der Waals surface area contributed by atoms with Crippen LogP contribution in [0.15, 0.2) is 0 Å². The third kappa shape index (κ3) is 3.18.